The highest BCUT2D eigenvalue weighted by molar-refractivity contribution is 6.31. The number of benzene rings is 3. The Morgan fingerprint density at radius 3 is 2.21 bits per heavy atom. The average Bonchev–Trinajstić information content (AvgIpc) is 2.81. The van der Waals surface area contributed by atoms with Crippen molar-refractivity contribution in [2.24, 2.45) is 0 Å². The molecule has 0 aliphatic heterocycles. The van der Waals surface area contributed by atoms with Crippen molar-refractivity contribution in [2.75, 3.05) is 7.05 Å². The molecule has 3 rings (SSSR count). The fourth-order valence-electron chi connectivity index (χ4n) is 3.79. The van der Waals surface area contributed by atoms with E-state index in [0.717, 1.165) is 40.1 Å². The molecule has 0 aromatic heterocycles. The molecule has 6 heteroatoms. The van der Waals surface area contributed by atoms with Gasteiger partial charge in [0.25, 0.3) is 0 Å². The van der Waals surface area contributed by atoms with Gasteiger partial charge in [-0.2, -0.15) is 13.2 Å². The lowest BCUT2D eigenvalue weighted by molar-refractivity contribution is -0.137. The number of nitrogens with one attached hydrogen (secondary N) is 2. The third-order valence-corrected chi connectivity index (χ3v) is 6.18. The molecule has 0 spiro atoms. The lowest BCUT2D eigenvalue weighted by Gasteiger charge is -2.28. The third kappa shape index (κ3) is 6.62. The molecular weight excluding hydrogens is 445 g/mol. The van der Waals surface area contributed by atoms with E-state index in [2.05, 4.69) is 23.3 Å². The standard InChI is InChI=1S/C27H28ClF3N2/c1-18-17-22(12-15-24(18)28)25(16-11-20-9-13-23(14-10-20)27(29,30)31)33-26(19(2)32-3)21-7-5-4-6-8-21/h4-10,12-15,17,25-26,32-33H,2,11,16H2,1,3H3/t25-,26+/m1/s1. The molecule has 3 aromatic rings. The van der Waals surface area contributed by atoms with Crippen LogP contribution in [0.3, 0.4) is 0 Å². The van der Waals surface area contributed by atoms with E-state index in [-0.39, 0.29) is 12.1 Å². The van der Waals surface area contributed by atoms with Crippen LogP contribution < -0.4 is 10.6 Å². The van der Waals surface area contributed by atoms with Gasteiger partial charge in [-0.25, -0.2) is 0 Å². The van der Waals surface area contributed by atoms with E-state index in [1.54, 1.807) is 12.1 Å². The van der Waals surface area contributed by atoms with Crippen molar-refractivity contribution in [3.8, 4) is 0 Å². The van der Waals surface area contributed by atoms with E-state index >= 15 is 0 Å². The van der Waals surface area contributed by atoms with Gasteiger partial charge in [0.15, 0.2) is 0 Å². The zero-order valence-corrected chi connectivity index (χ0v) is 19.5. The fraction of sp³-hybridized carbons (Fsp3) is 0.259. The summed E-state index contributed by atoms with van der Waals surface area (Å²) in [7, 11) is 1.84. The monoisotopic (exact) mass is 472 g/mol. The van der Waals surface area contributed by atoms with Crippen LogP contribution in [0.15, 0.2) is 85.1 Å². The minimum atomic E-state index is -4.33. The molecule has 0 aliphatic carbocycles. The van der Waals surface area contributed by atoms with E-state index in [9.17, 15) is 13.2 Å². The second-order valence-corrected chi connectivity index (χ2v) is 8.49. The predicted octanol–water partition coefficient (Wildman–Crippen LogP) is 7.41. The Morgan fingerprint density at radius 1 is 0.970 bits per heavy atom. The minimum absolute atomic E-state index is 0.0708. The van der Waals surface area contributed by atoms with Crippen LogP contribution in [0.2, 0.25) is 5.02 Å². The number of hydrogen-bond donors (Lipinski definition) is 2. The van der Waals surface area contributed by atoms with Crippen molar-refractivity contribution >= 4 is 11.6 Å². The van der Waals surface area contributed by atoms with Gasteiger partial charge >= 0.3 is 6.18 Å². The first-order chi connectivity index (χ1) is 15.7. The first kappa shape index (κ1) is 24.9. The molecule has 0 saturated carbocycles. The highest BCUT2D eigenvalue weighted by atomic mass is 35.5. The molecule has 33 heavy (non-hydrogen) atoms. The smallest absolute Gasteiger partial charge is 0.390 e. The summed E-state index contributed by atoms with van der Waals surface area (Å²) in [4.78, 5) is 0. The molecule has 0 unspecified atom stereocenters. The van der Waals surface area contributed by atoms with Crippen LogP contribution in [-0.4, -0.2) is 7.05 Å². The molecule has 0 saturated heterocycles. The Balaban J connectivity index is 1.87. The van der Waals surface area contributed by atoms with Gasteiger partial charge in [0, 0.05) is 23.8 Å². The molecule has 0 aliphatic rings. The van der Waals surface area contributed by atoms with Crippen molar-refractivity contribution in [3.63, 3.8) is 0 Å². The highest BCUT2D eigenvalue weighted by Crippen LogP contribution is 2.31. The van der Waals surface area contributed by atoms with Crippen LogP contribution in [0.25, 0.3) is 0 Å². The normalized spacial score (nSPS) is 13.4. The van der Waals surface area contributed by atoms with Crippen LogP contribution in [0.5, 0.6) is 0 Å². The summed E-state index contributed by atoms with van der Waals surface area (Å²) in [6.07, 6.45) is -3.03. The van der Waals surface area contributed by atoms with Crippen LogP contribution in [0, 0.1) is 6.92 Å². The van der Waals surface area contributed by atoms with E-state index in [1.165, 1.54) is 0 Å². The van der Waals surface area contributed by atoms with Crippen molar-refractivity contribution in [1.29, 1.82) is 0 Å². The number of halogens is 4. The summed E-state index contributed by atoms with van der Waals surface area (Å²) < 4.78 is 38.7. The van der Waals surface area contributed by atoms with E-state index in [4.69, 9.17) is 11.6 Å². The van der Waals surface area contributed by atoms with Gasteiger partial charge in [-0.05, 0) is 60.2 Å². The zero-order valence-electron chi connectivity index (χ0n) is 18.7. The molecular formula is C27H28ClF3N2. The third-order valence-electron chi connectivity index (χ3n) is 5.76. The summed E-state index contributed by atoms with van der Waals surface area (Å²) in [6, 6.07) is 21.1. The van der Waals surface area contributed by atoms with Crippen molar-refractivity contribution in [1.82, 2.24) is 10.6 Å². The van der Waals surface area contributed by atoms with Gasteiger partial charge in [0.05, 0.1) is 11.6 Å². The van der Waals surface area contributed by atoms with Crippen LogP contribution in [-0.2, 0) is 12.6 Å². The Bertz CT molecular complexity index is 1060. The first-order valence-electron chi connectivity index (χ1n) is 10.8. The maximum Gasteiger partial charge on any atom is 0.416 e. The quantitative estimate of drug-likeness (QED) is 0.339. The Morgan fingerprint density at radius 2 is 1.64 bits per heavy atom. The van der Waals surface area contributed by atoms with Crippen LogP contribution in [0.1, 0.15) is 46.3 Å². The van der Waals surface area contributed by atoms with Gasteiger partial charge in [0.1, 0.15) is 0 Å². The van der Waals surface area contributed by atoms with Gasteiger partial charge in [-0.15, -0.1) is 0 Å². The zero-order chi connectivity index (χ0) is 24.0. The lowest BCUT2D eigenvalue weighted by atomic mass is 9.94. The van der Waals surface area contributed by atoms with Crippen LogP contribution >= 0.6 is 11.6 Å². The predicted molar refractivity (Wildman–Crippen MR) is 129 cm³/mol. The summed E-state index contributed by atoms with van der Waals surface area (Å²) in [6.45, 7) is 6.14. The lowest BCUT2D eigenvalue weighted by Crippen LogP contribution is -2.31. The van der Waals surface area contributed by atoms with E-state index in [0.29, 0.717) is 17.9 Å². The minimum Gasteiger partial charge on any atom is -0.390 e. The van der Waals surface area contributed by atoms with Crippen molar-refractivity contribution < 1.29 is 13.2 Å². The van der Waals surface area contributed by atoms with Crippen LogP contribution in [0.4, 0.5) is 13.2 Å². The van der Waals surface area contributed by atoms with Gasteiger partial charge in [0.2, 0.25) is 0 Å². The molecule has 3 aromatic carbocycles. The molecule has 2 atom stereocenters. The number of aryl methyl sites for hydroxylation is 2. The molecule has 0 heterocycles. The number of alkyl halides is 3. The molecule has 2 N–H and O–H groups in total. The first-order valence-corrected chi connectivity index (χ1v) is 11.2. The number of rotatable bonds is 9. The number of likely N-dealkylation sites (N-methyl/N-ethyl adjacent to an activating group) is 1. The SMILES string of the molecule is C=C(NC)[C@H](N[C@H](CCc1ccc(C(F)(F)F)cc1)c1ccc(Cl)c(C)c1)c1ccccc1. The van der Waals surface area contributed by atoms with E-state index < -0.39 is 11.7 Å². The molecule has 0 amide bonds. The molecule has 174 valence electrons. The average molecular weight is 473 g/mol. The molecule has 0 bridgehead atoms. The number of hydrogen-bond acceptors (Lipinski definition) is 2. The summed E-state index contributed by atoms with van der Waals surface area (Å²) >= 11 is 6.25. The topological polar surface area (TPSA) is 24.1 Å². The maximum atomic E-state index is 12.9. The Hall–Kier alpha value is -2.76. The molecule has 0 fully saturated rings. The molecule has 0 radical (unpaired) electrons. The van der Waals surface area contributed by atoms with E-state index in [1.807, 2.05) is 56.4 Å². The van der Waals surface area contributed by atoms with Crippen molar-refractivity contribution in [2.45, 2.75) is 38.0 Å². The maximum absolute atomic E-state index is 12.9. The highest BCUT2D eigenvalue weighted by Gasteiger charge is 2.30. The summed E-state index contributed by atoms with van der Waals surface area (Å²) in [5.74, 6) is 0. The van der Waals surface area contributed by atoms with Gasteiger partial charge < -0.3 is 5.32 Å². The fourth-order valence-corrected chi connectivity index (χ4v) is 3.91. The summed E-state index contributed by atoms with van der Waals surface area (Å²) in [5.41, 5.74) is 4.15. The Kier molecular flexibility index (Phi) is 8.22. The van der Waals surface area contributed by atoms with Gasteiger partial charge in [-0.1, -0.05) is 72.8 Å². The van der Waals surface area contributed by atoms with Crippen molar-refractivity contribution in [3.05, 3.63) is 118 Å². The second kappa shape index (κ2) is 10.9. The van der Waals surface area contributed by atoms with Gasteiger partial charge in [-0.3, -0.25) is 5.32 Å². The molecule has 2 nitrogen and oxygen atoms in total. The Labute approximate surface area is 198 Å². The second-order valence-electron chi connectivity index (χ2n) is 8.08. The largest absolute Gasteiger partial charge is 0.416 e. The summed E-state index contributed by atoms with van der Waals surface area (Å²) in [5, 5.41) is 7.55.